The molecule has 0 aliphatic rings. The molecule has 0 bridgehead atoms. The fourth-order valence-corrected chi connectivity index (χ4v) is 2.14. The summed E-state index contributed by atoms with van der Waals surface area (Å²) in [5.74, 6) is 0. The molecule has 0 aliphatic heterocycles. The Morgan fingerprint density at radius 3 is 2.00 bits per heavy atom. The van der Waals surface area contributed by atoms with E-state index in [0.717, 1.165) is 19.5 Å². The summed E-state index contributed by atoms with van der Waals surface area (Å²) in [5.41, 5.74) is 0.464. The zero-order valence-corrected chi connectivity index (χ0v) is 12.9. The van der Waals surface area contributed by atoms with Crippen molar-refractivity contribution in [1.29, 1.82) is 0 Å². The van der Waals surface area contributed by atoms with E-state index in [2.05, 4.69) is 39.9 Å². The fourth-order valence-electron chi connectivity index (χ4n) is 2.14. The second-order valence-electron chi connectivity index (χ2n) is 5.85. The third kappa shape index (κ3) is 6.42. The van der Waals surface area contributed by atoms with Crippen LogP contribution in [0.5, 0.6) is 0 Å². The number of ether oxygens (including phenoxy) is 1. The third-order valence-electron chi connectivity index (χ3n) is 4.24. The zero-order valence-electron chi connectivity index (χ0n) is 12.9. The molecule has 0 aromatic heterocycles. The lowest BCUT2D eigenvalue weighted by atomic mass is 9.76. The van der Waals surface area contributed by atoms with Crippen molar-refractivity contribution in [3.05, 3.63) is 0 Å². The molecule has 0 atom stereocenters. The molecule has 0 fully saturated rings. The van der Waals surface area contributed by atoms with Gasteiger partial charge in [0.05, 0.1) is 5.60 Å². The first-order valence-corrected chi connectivity index (χ1v) is 7.21. The Labute approximate surface area is 109 Å². The highest BCUT2D eigenvalue weighted by Crippen LogP contribution is 2.34. The van der Waals surface area contributed by atoms with Crippen LogP contribution in [0.4, 0.5) is 0 Å². The van der Waals surface area contributed by atoms with E-state index in [0.29, 0.717) is 5.41 Å². The molecule has 0 saturated carbocycles. The normalized spacial score (nSPS) is 13.1. The molecule has 0 heterocycles. The molecule has 0 rings (SSSR count). The number of nitrogens with one attached hydrogen (secondary N) is 1. The van der Waals surface area contributed by atoms with E-state index in [-0.39, 0.29) is 5.60 Å². The second-order valence-corrected chi connectivity index (χ2v) is 5.85. The average Bonchev–Trinajstić information content (AvgIpc) is 2.34. The Morgan fingerprint density at radius 2 is 1.59 bits per heavy atom. The maximum atomic E-state index is 5.53. The van der Waals surface area contributed by atoms with E-state index in [1.54, 1.807) is 0 Å². The van der Waals surface area contributed by atoms with Gasteiger partial charge in [0.2, 0.25) is 0 Å². The standard InChI is InChI=1S/C15H33NO/c1-7-12-16-13-15(8-2,9-3)11-10-14(4,5)17-6/h16H,7-13H2,1-6H3. The molecule has 0 amide bonds. The molecule has 0 aliphatic carbocycles. The summed E-state index contributed by atoms with van der Waals surface area (Å²) in [5, 5.41) is 3.59. The van der Waals surface area contributed by atoms with Crippen LogP contribution in [-0.2, 0) is 4.74 Å². The molecule has 2 nitrogen and oxygen atoms in total. The van der Waals surface area contributed by atoms with E-state index < -0.39 is 0 Å². The average molecular weight is 243 g/mol. The summed E-state index contributed by atoms with van der Waals surface area (Å²) >= 11 is 0. The third-order valence-corrected chi connectivity index (χ3v) is 4.24. The van der Waals surface area contributed by atoms with Crippen molar-refractivity contribution >= 4 is 0 Å². The Hall–Kier alpha value is -0.0800. The maximum absolute atomic E-state index is 5.53. The molecular formula is C15H33NO. The summed E-state index contributed by atoms with van der Waals surface area (Å²) < 4.78 is 5.53. The lowest BCUT2D eigenvalue weighted by Crippen LogP contribution is -2.36. The summed E-state index contributed by atoms with van der Waals surface area (Å²) in [6.07, 6.45) is 6.10. The minimum absolute atomic E-state index is 0.0142. The molecule has 17 heavy (non-hydrogen) atoms. The van der Waals surface area contributed by atoms with Gasteiger partial charge in [-0.25, -0.2) is 0 Å². The van der Waals surface area contributed by atoms with E-state index in [1.807, 2.05) is 7.11 Å². The Kier molecular flexibility index (Phi) is 8.06. The van der Waals surface area contributed by atoms with Gasteiger partial charge in [-0.2, -0.15) is 0 Å². The fraction of sp³-hybridized carbons (Fsp3) is 1.00. The molecular weight excluding hydrogens is 210 g/mol. The number of hydrogen-bond donors (Lipinski definition) is 1. The Balaban J connectivity index is 4.29. The molecule has 0 spiro atoms. The molecule has 2 heteroatoms. The van der Waals surface area contributed by atoms with E-state index >= 15 is 0 Å². The van der Waals surface area contributed by atoms with Gasteiger partial charge in [0.15, 0.2) is 0 Å². The van der Waals surface area contributed by atoms with Gasteiger partial charge in [-0.15, -0.1) is 0 Å². The summed E-state index contributed by atoms with van der Waals surface area (Å²) in [6.45, 7) is 13.5. The molecule has 104 valence electrons. The Morgan fingerprint density at radius 1 is 1.00 bits per heavy atom. The lowest BCUT2D eigenvalue weighted by Gasteiger charge is -2.35. The van der Waals surface area contributed by atoms with Crippen molar-refractivity contribution in [2.45, 2.75) is 72.3 Å². The van der Waals surface area contributed by atoms with Crippen LogP contribution in [0.3, 0.4) is 0 Å². The molecule has 0 saturated heterocycles. The number of rotatable bonds is 10. The molecule has 1 N–H and O–H groups in total. The topological polar surface area (TPSA) is 21.3 Å². The number of hydrogen-bond acceptors (Lipinski definition) is 2. The molecule has 0 aromatic carbocycles. The maximum Gasteiger partial charge on any atom is 0.0623 e. The van der Waals surface area contributed by atoms with Crippen LogP contribution in [0.15, 0.2) is 0 Å². The first-order chi connectivity index (χ1) is 7.95. The zero-order chi connectivity index (χ0) is 13.4. The second kappa shape index (κ2) is 8.10. The van der Waals surface area contributed by atoms with Crippen molar-refractivity contribution in [2.75, 3.05) is 20.2 Å². The molecule has 0 radical (unpaired) electrons. The van der Waals surface area contributed by atoms with Crippen molar-refractivity contribution in [3.8, 4) is 0 Å². The van der Waals surface area contributed by atoms with Gasteiger partial charge in [-0.1, -0.05) is 20.8 Å². The van der Waals surface area contributed by atoms with Crippen LogP contribution in [0, 0.1) is 5.41 Å². The summed E-state index contributed by atoms with van der Waals surface area (Å²) in [4.78, 5) is 0. The van der Waals surface area contributed by atoms with E-state index in [1.165, 1.54) is 25.7 Å². The first kappa shape index (κ1) is 16.9. The van der Waals surface area contributed by atoms with Crippen molar-refractivity contribution in [3.63, 3.8) is 0 Å². The monoisotopic (exact) mass is 243 g/mol. The van der Waals surface area contributed by atoms with Crippen molar-refractivity contribution in [1.82, 2.24) is 5.32 Å². The van der Waals surface area contributed by atoms with Gasteiger partial charge in [-0.3, -0.25) is 0 Å². The van der Waals surface area contributed by atoms with Gasteiger partial charge in [0, 0.05) is 13.7 Å². The van der Waals surface area contributed by atoms with Gasteiger partial charge in [-0.05, 0) is 57.9 Å². The van der Waals surface area contributed by atoms with Crippen LogP contribution in [0.25, 0.3) is 0 Å². The highest BCUT2D eigenvalue weighted by atomic mass is 16.5. The predicted molar refractivity (Wildman–Crippen MR) is 76.5 cm³/mol. The smallest absolute Gasteiger partial charge is 0.0623 e. The highest BCUT2D eigenvalue weighted by molar-refractivity contribution is 4.82. The summed E-state index contributed by atoms with van der Waals surface area (Å²) in [7, 11) is 1.81. The number of methoxy groups -OCH3 is 1. The molecule has 0 unspecified atom stereocenters. The van der Waals surface area contributed by atoms with Crippen molar-refractivity contribution < 1.29 is 4.74 Å². The van der Waals surface area contributed by atoms with Gasteiger partial charge < -0.3 is 10.1 Å². The van der Waals surface area contributed by atoms with Crippen LogP contribution in [0.2, 0.25) is 0 Å². The first-order valence-electron chi connectivity index (χ1n) is 7.21. The van der Waals surface area contributed by atoms with Crippen molar-refractivity contribution in [2.24, 2.45) is 5.41 Å². The lowest BCUT2D eigenvalue weighted by molar-refractivity contribution is 0.00236. The SMILES string of the molecule is CCCNCC(CC)(CC)CCC(C)(C)OC. The van der Waals surface area contributed by atoms with Crippen LogP contribution in [0.1, 0.15) is 66.7 Å². The van der Waals surface area contributed by atoms with Gasteiger partial charge in [0.1, 0.15) is 0 Å². The van der Waals surface area contributed by atoms with Gasteiger partial charge in [0.25, 0.3) is 0 Å². The minimum Gasteiger partial charge on any atom is -0.379 e. The quantitative estimate of drug-likeness (QED) is 0.586. The largest absolute Gasteiger partial charge is 0.379 e. The highest BCUT2D eigenvalue weighted by Gasteiger charge is 2.28. The van der Waals surface area contributed by atoms with Crippen LogP contribution < -0.4 is 5.32 Å². The van der Waals surface area contributed by atoms with E-state index in [9.17, 15) is 0 Å². The summed E-state index contributed by atoms with van der Waals surface area (Å²) in [6, 6.07) is 0. The minimum atomic E-state index is 0.0142. The molecule has 0 aromatic rings. The van der Waals surface area contributed by atoms with Crippen LogP contribution in [-0.4, -0.2) is 25.8 Å². The van der Waals surface area contributed by atoms with E-state index in [4.69, 9.17) is 4.74 Å². The van der Waals surface area contributed by atoms with Crippen LogP contribution >= 0.6 is 0 Å². The Bertz CT molecular complexity index is 185. The van der Waals surface area contributed by atoms with Gasteiger partial charge >= 0.3 is 0 Å². The predicted octanol–water partition coefficient (Wildman–Crippen LogP) is 4.00.